The fourth-order valence-electron chi connectivity index (χ4n) is 1.99. The lowest BCUT2D eigenvalue weighted by atomic mass is 10.1. The maximum Gasteiger partial charge on any atom is 0.335 e. The van der Waals surface area contributed by atoms with Gasteiger partial charge in [-0.3, -0.25) is 0 Å². The van der Waals surface area contributed by atoms with Gasteiger partial charge in [-0.05, 0) is 25.1 Å². The molecule has 7 heteroatoms. The molecule has 3 rings (SSSR count). The molecule has 0 fully saturated rings. The fraction of sp³-hybridized carbons (Fsp3) is 0.143. The van der Waals surface area contributed by atoms with Crippen molar-refractivity contribution in [1.29, 1.82) is 0 Å². The highest BCUT2D eigenvalue weighted by Crippen LogP contribution is 2.22. The molecule has 0 saturated carbocycles. The lowest BCUT2D eigenvalue weighted by Gasteiger charge is -2.07. The minimum absolute atomic E-state index is 0.213. The minimum atomic E-state index is -0.967. The number of aryl methyl sites for hydroxylation is 1. The number of benzene rings is 1. The number of hydrogen-bond acceptors (Lipinski definition) is 6. The summed E-state index contributed by atoms with van der Waals surface area (Å²) in [6, 6.07) is 4.82. The van der Waals surface area contributed by atoms with Crippen LogP contribution in [0.3, 0.4) is 0 Å². The maximum absolute atomic E-state index is 11.0. The van der Waals surface area contributed by atoms with Gasteiger partial charge in [0.25, 0.3) is 0 Å². The zero-order valence-corrected chi connectivity index (χ0v) is 12.0. The van der Waals surface area contributed by atoms with Crippen LogP contribution in [0.25, 0.3) is 10.9 Å². The first-order valence-corrected chi connectivity index (χ1v) is 7.08. The zero-order valence-electron chi connectivity index (χ0n) is 11.2. The number of fused-ring (bicyclic) bond motifs is 1. The predicted molar refractivity (Wildman–Crippen MR) is 80.7 cm³/mol. The standard InChI is InChI=1S/C14H12N4O2S/c1-8-15-5-10(21-8)6-16-13-11-3-2-9(14(19)20)4-12(11)17-7-18-13/h2-5,7H,6H2,1H3,(H,19,20)(H,16,17,18). The van der Waals surface area contributed by atoms with Crippen molar-refractivity contribution in [3.8, 4) is 0 Å². The van der Waals surface area contributed by atoms with Gasteiger partial charge in [0.15, 0.2) is 0 Å². The van der Waals surface area contributed by atoms with Crippen LogP contribution >= 0.6 is 11.3 Å². The maximum atomic E-state index is 11.0. The molecule has 0 saturated heterocycles. The molecule has 21 heavy (non-hydrogen) atoms. The Labute approximate surface area is 124 Å². The van der Waals surface area contributed by atoms with Gasteiger partial charge in [-0.2, -0.15) is 0 Å². The Morgan fingerprint density at radius 1 is 1.33 bits per heavy atom. The molecule has 0 aliphatic carbocycles. The number of carbonyl (C=O) groups is 1. The van der Waals surface area contributed by atoms with Gasteiger partial charge in [0.05, 0.1) is 22.6 Å². The summed E-state index contributed by atoms with van der Waals surface area (Å²) in [7, 11) is 0. The van der Waals surface area contributed by atoms with Crippen molar-refractivity contribution in [3.63, 3.8) is 0 Å². The molecule has 0 aliphatic heterocycles. The van der Waals surface area contributed by atoms with Gasteiger partial charge in [-0.25, -0.2) is 19.7 Å². The number of rotatable bonds is 4. The number of aromatic carboxylic acids is 1. The smallest absolute Gasteiger partial charge is 0.335 e. The Balaban J connectivity index is 1.90. The first-order chi connectivity index (χ1) is 10.1. The normalized spacial score (nSPS) is 10.7. The van der Waals surface area contributed by atoms with E-state index in [4.69, 9.17) is 5.11 Å². The summed E-state index contributed by atoms with van der Waals surface area (Å²) in [6.07, 6.45) is 3.26. The molecule has 0 unspecified atom stereocenters. The highest BCUT2D eigenvalue weighted by atomic mass is 32.1. The van der Waals surface area contributed by atoms with Crippen LogP contribution in [0.4, 0.5) is 5.82 Å². The number of thiazole rings is 1. The largest absolute Gasteiger partial charge is 0.478 e. The Kier molecular flexibility index (Phi) is 3.49. The average Bonchev–Trinajstić information content (AvgIpc) is 2.90. The highest BCUT2D eigenvalue weighted by molar-refractivity contribution is 7.11. The van der Waals surface area contributed by atoms with Crippen LogP contribution in [0.2, 0.25) is 0 Å². The lowest BCUT2D eigenvalue weighted by molar-refractivity contribution is 0.0697. The van der Waals surface area contributed by atoms with Crippen molar-refractivity contribution in [2.45, 2.75) is 13.5 Å². The summed E-state index contributed by atoms with van der Waals surface area (Å²) in [5.41, 5.74) is 0.818. The summed E-state index contributed by atoms with van der Waals surface area (Å²) in [5.74, 6) is -0.284. The van der Waals surface area contributed by atoms with Crippen molar-refractivity contribution in [2.75, 3.05) is 5.32 Å². The summed E-state index contributed by atoms with van der Waals surface area (Å²) in [5, 5.41) is 14.1. The van der Waals surface area contributed by atoms with Crippen molar-refractivity contribution < 1.29 is 9.90 Å². The molecule has 2 N–H and O–H groups in total. The van der Waals surface area contributed by atoms with E-state index >= 15 is 0 Å². The van der Waals surface area contributed by atoms with Crippen molar-refractivity contribution >= 4 is 34.0 Å². The molecular weight excluding hydrogens is 288 g/mol. The van der Waals surface area contributed by atoms with Crippen LogP contribution in [-0.2, 0) is 6.54 Å². The second kappa shape index (κ2) is 5.45. The van der Waals surface area contributed by atoms with Gasteiger partial charge in [0.1, 0.15) is 12.1 Å². The number of hydrogen-bond donors (Lipinski definition) is 2. The molecule has 3 aromatic rings. The van der Waals surface area contributed by atoms with E-state index in [2.05, 4.69) is 20.3 Å². The minimum Gasteiger partial charge on any atom is -0.478 e. The summed E-state index contributed by atoms with van der Waals surface area (Å²) >= 11 is 1.62. The van der Waals surface area contributed by atoms with E-state index in [0.29, 0.717) is 17.9 Å². The van der Waals surface area contributed by atoms with E-state index in [1.807, 2.05) is 13.1 Å². The molecule has 0 bridgehead atoms. The van der Waals surface area contributed by atoms with Gasteiger partial charge < -0.3 is 10.4 Å². The number of nitrogens with zero attached hydrogens (tertiary/aromatic N) is 3. The number of anilines is 1. The molecule has 2 heterocycles. The monoisotopic (exact) mass is 300 g/mol. The highest BCUT2D eigenvalue weighted by Gasteiger charge is 2.08. The number of carboxylic acids is 1. The van der Waals surface area contributed by atoms with Gasteiger partial charge in [-0.1, -0.05) is 0 Å². The molecule has 0 radical (unpaired) electrons. The summed E-state index contributed by atoms with van der Waals surface area (Å²) in [6.45, 7) is 2.58. The number of nitrogens with one attached hydrogen (secondary N) is 1. The van der Waals surface area contributed by atoms with E-state index in [9.17, 15) is 4.79 Å². The van der Waals surface area contributed by atoms with E-state index in [1.54, 1.807) is 29.5 Å². The number of carboxylic acid groups (broad SMARTS) is 1. The van der Waals surface area contributed by atoms with Crippen LogP contribution in [0.1, 0.15) is 20.2 Å². The third-order valence-corrected chi connectivity index (χ3v) is 3.90. The van der Waals surface area contributed by atoms with E-state index in [0.717, 1.165) is 15.3 Å². The quantitative estimate of drug-likeness (QED) is 0.770. The first kappa shape index (κ1) is 13.4. The van der Waals surface area contributed by atoms with E-state index in [1.165, 1.54) is 6.33 Å². The van der Waals surface area contributed by atoms with Gasteiger partial charge in [-0.15, -0.1) is 11.3 Å². The van der Waals surface area contributed by atoms with Crippen LogP contribution in [0.5, 0.6) is 0 Å². The Bertz CT molecular complexity index is 816. The average molecular weight is 300 g/mol. The Morgan fingerprint density at radius 2 is 2.19 bits per heavy atom. The van der Waals surface area contributed by atoms with E-state index < -0.39 is 5.97 Å². The Morgan fingerprint density at radius 3 is 2.90 bits per heavy atom. The van der Waals surface area contributed by atoms with Crippen LogP contribution in [0.15, 0.2) is 30.7 Å². The van der Waals surface area contributed by atoms with Crippen LogP contribution in [0, 0.1) is 6.92 Å². The van der Waals surface area contributed by atoms with Gasteiger partial charge in [0, 0.05) is 16.5 Å². The summed E-state index contributed by atoms with van der Waals surface area (Å²) < 4.78 is 0. The van der Waals surface area contributed by atoms with Crippen molar-refractivity contribution in [2.24, 2.45) is 0 Å². The zero-order chi connectivity index (χ0) is 14.8. The number of aromatic nitrogens is 3. The molecule has 6 nitrogen and oxygen atoms in total. The molecule has 0 atom stereocenters. The summed E-state index contributed by atoms with van der Waals surface area (Å²) in [4.78, 5) is 24.6. The molecule has 2 aromatic heterocycles. The Hall–Kier alpha value is -2.54. The second-order valence-electron chi connectivity index (χ2n) is 4.46. The van der Waals surface area contributed by atoms with Crippen LogP contribution < -0.4 is 5.32 Å². The van der Waals surface area contributed by atoms with Gasteiger partial charge >= 0.3 is 5.97 Å². The molecule has 0 spiro atoms. The third-order valence-electron chi connectivity index (χ3n) is 2.98. The SMILES string of the molecule is Cc1ncc(CNc2ncnc3cc(C(=O)O)ccc23)s1. The molecular formula is C14H12N4O2S. The van der Waals surface area contributed by atoms with Crippen LogP contribution in [-0.4, -0.2) is 26.0 Å². The molecule has 0 amide bonds. The van der Waals surface area contributed by atoms with Gasteiger partial charge in [0.2, 0.25) is 0 Å². The molecule has 0 aliphatic rings. The van der Waals surface area contributed by atoms with E-state index in [-0.39, 0.29) is 5.56 Å². The fourth-order valence-corrected chi connectivity index (χ4v) is 2.72. The third kappa shape index (κ3) is 2.82. The molecule has 106 valence electrons. The topological polar surface area (TPSA) is 88.0 Å². The predicted octanol–water partition coefficient (Wildman–Crippen LogP) is 2.71. The lowest BCUT2D eigenvalue weighted by Crippen LogP contribution is -2.02. The second-order valence-corrected chi connectivity index (χ2v) is 5.78. The van der Waals surface area contributed by atoms with Crippen molar-refractivity contribution in [3.05, 3.63) is 46.2 Å². The van der Waals surface area contributed by atoms with Crippen molar-refractivity contribution in [1.82, 2.24) is 15.0 Å². The first-order valence-electron chi connectivity index (χ1n) is 6.27. The molecule has 1 aromatic carbocycles.